The first-order valence-electron chi connectivity index (χ1n) is 3.44. The van der Waals surface area contributed by atoms with E-state index < -0.39 is 38.8 Å². The van der Waals surface area contributed by atoms with E-state index in [1.165, 1.54) is 0 Å². The van der Waals surface area contributed by atoms with Gasteiger partial charge in [0, 0.05) is 5.56 Å². The fourth-order valence-electron chi connectivity index (χ4n) is 0.903. The fraction of sp³-hybridized carbons (Fsp3) is 0.143. The van der Waals surface area contributed by atoms with Crippen LogP contribution in [0.5, 0.6) is 0 Å². The number of sulfonamides is 1. The zero-order valence-corrected chi connectivity index (χ0v) is 7.61. The number of halogens is 3. The van der Waals surface area contributed by atoms with Crippen molar-refractivity contribution in [3.8, 4) is 0 Å². The molecule has 2 N–H and O–H groups in total. The van der Waals surface area contributed by atoms with E-state index in [-0.39, 0.29) is 0 Å². The Balaban J connectivity index is 3.27. The third-order valence-corrected chi connectivity index (χ3v) is 2.18. The minimum atomic E-state index is -4.09. The summed E-state index contributed by atoms with van der Waals surface area (Å²) in [6.07, 6.45) is 0. The Kier molecular flexibility index (Phi) is 2.81. The van der Waals surface area contributed by atoms with Gasteiger partial charge in [0.2, 0.25) is 10.0 Å². The molecule has 0 saturated carbocycles. The quantitative estimate of drug-likeness (QED) is 0.760. The average Bonchev–Trinajstić information content (AvgIpc) is 2.04. The molecule has 0 amide bonds. The molecule has 0 fully saturated rings. The molecule has 78 valence electrons. The van der Waals surface area contributed by atoms with Crippen molar-refractivity contribution < 1.29 is 21.6 Å². The maximum absolute atomic E-state index is 12.9. The summed E-state index contributed by atoms with van der Waals surface area (Å²) in [7, 11) is -4.09. The van der Waals surface area contributed by atoms with Crippen LogP contribution < -0.4 is 5.14 Å². The second-order valence-electron chi connectivity index (χ2n) is 2.63. The summed E-state index contributed by atoms with van der Waals surface area (Å²) < 4.78 is 59.3. The van der Waals surface area contributed by atoms with Crippen molar-refractivity contribution in [3.05, 3.63) is 35.1 Å². The van der Waals surface area contributed by atoms with E-state index in [1.807, 2.05) is 0 Å². The summed E-state index contributed by atoms with van der Waals surface area (Å²) in [6, 6.07) is 1.20. The second-order valence-corrected chi connectivity index (χ2v) is 4.24. The van der Waals surface area contributed by atoms with Crippen LogP contribution in [0.15, 0.2) is 12.1 Å². The van der Waals surface area contributed by atoms with Crippen LogP contribution in [-0.4, -0.2) is 8.42 Å². The Morgan fingerprint density at radius 3 is 2.14 bits per heavy atom. The SMILES string of the molecule is NS(=O)(=O)Cc1c(F)ccc(F)c1F. The molecule has 1 aromatic rings. The molecular weight excluding hydrogens is 219 g/mol. The molecular formula is C7H6F3NO2S. The Morgan fingerprint density at radius 1 is 1.14 bits per heavy atom. The van der Waals surface area contributed by atoms with E-state index in [0.717, 1.165) is 0 Å². The first kappa shape index (κ1) is 11.0. The van der Waals surface area contributed by atoms with Gasteiger partial charge in [0.05, 0.1) is 5.75 Å². The molecule has 14 heavy (non-hydrogen) atoms. The number of primary sulfonamides is 1. The summed E-state index contributed by atoms with van der Waals surface area (Å²) in [4.78, 5) is 0. The third-order valence-electron chi connectivity index (χ3n) is 1.48. The molecule has 1 aromatic carbocycles. The summed E-state index contributed by atoms with van der Waals surface area (Å²) >= 11 is 0. The van der Waals surface area contributed by atoms with Gasteiger partial charge in [0.25, 0.3) is 0 Å². The van der Waals surface area contributed by atoms with Gasteiger partial charge in [-0.1, -0.05) is 0 Å². The van der Waals surface area contributed by atoms with Crippen molar-refractivity contribution >= 4 is 10.0 Å². The van der Waals surface area contributed by atoms with Crippen LogP contribution in [0.2, 0.25) is 0 Å². The number of nitrogens with two attached hydrogens (primary N) is 1. The first-order valence-corrected chi connectivity index (χ1v) is 5.15. The third kappa shape index (κ3) is 2.46. The van der Waals surface area contributed by atoms with Crippen LogP contribution in [0, 0.1) is 17.5 Å². The predicted molar refractivity (Wildman–Crippen MR) is 43.1 cm³/mol. The highest BCUT2D eigenvalue weighted by molar-refractivity contribution is 7.88. The molecule has 0 unspecified atom stereocenters. The zero-order valence-electron chi connectivity index (χ0n) is 6.80. The van der Waals surface area contributed by atoms with E-state index in [1.54, 1.807) is 0 Å². The number of benzene rings is 1. The van der Waals surface area contributed by atoms with Crippen LogP contribution in [-0.2, 0) is 15.8 Å². The normalized spacial score (nSPS) is 11.7. The Morgan fingerprint density at radius 2 is 1.64 bits per heavy atom. The topological polar surface area (TPSA) is 60.2 Å². The highest BCUT2D eigenvalue weighted by atomic mass is 32.2. The van der Waals surface area contributed by atoms with E-state index in [0.29, 0.717) is 12.1 Å². The van der Waals surface area contributed by atoms with Gasteiger partial charge in [-0.2, -0.15) is 0 Å². The first-order chi connectivity index (χ1) is 6.31. The van der Waals surface area contributed by atoms with Crippen LogP contribution in [0.4, 0.5) is 13.2 Å². The Bertz CT molecular complexity index is 458. The van der Waals surface area contributed by atoms with E-state index >= 15 is 0 Å². The van der Waals surface area contributed by atoms with Gasteiger partial charge < -0.3 is 0 Å². The van der Waals surface area contributed by atoms with E-state index in [9.17, 15) is 21.6 Å². The van der Waals surface area contributed by atoms with Gasteiger partial charge in [-0.25, -0.2) is 26.7 Å². The van der Waals surface area contributed by atoms with Crippen molar-refractivity contribution in [2.75, 3.05) is 0 Å². The monoisotopic (exact) mass is 225 g/mol. The largest absolute Gasteiger partial charge is 0.228 e. The number of hydrogen-bond acceptors (Lipinski definition) is 2. The van der Waals surface area contributed by atoms with Crippen molar-refractivity contribution in [1.82, 2.24) is 0 Å². The van der Waals surface area contributed by atoms with Crippen molar-refractivity contribution in [2.24, 2.45) is 5.14 Å². The molecule has 0 radical (unpaired) electrons. The maximum atomic E-state index is 12.9. The smallest absolute Gasteiger partial charge is 0.213 e. The summed E-state index contributed by atoms with van der Waals surface area (Å²) in [6.45, 7) is 0. The summed E-state index contributed by atoms with van der Waals surface area (Å²) in [5.74, 6) is -5.05. The van der Waals surface area contributed by atoms with E-state index in [4.69, 9.17) is 0 Å². The molecule has 1 rings (SSSR count). The number of rotatable bonds is 2. The minimum Gasteiger partial charge on any atom is -0.228 e. The van der Waals surface area contributed by atoms with Gasteiger partial charge in [-0.05, 0) is 12.1 Å². The van der Waals surface area contributed by atoms with Crippen molar-refractivity contribution in [3.63, 3.8) is 0 Å². The van der Waals surface area contributed by atoms with Crippen molar-refractivity contribution in [2.45, 2.75) is 5.75 Å². The van der Waals surface area contributed by atoms with Gasteiger partial charge in [0.1, 0.15) is 5.82 Å². The molecule has 0 aliphatic heterocycles. The lowest BCUT2D eigenvalue weighted by Crippen LogP contribution is -2.17. The molecule has 7 heteroatoms. The lowest BCUT2D eigenvalue weighted by atomic mass is 10.2. The minimum absolute atomic E-state index is 0.567. The Labute approximate surface area is 78.4 Å². The highest BCUT2D eigenvalue weighted by Crippen LogP contribution is 2.17. The van der Waals surface area contributed by atoms with Crippen LogP contribution in [0.25, 0.3) is 0 Å². The van der Waals surface area contributed by atoms with Crippen LogP contribution >= 0.6 is 0 Å². The lowest BCUT2D eigenvalue weighted by Gasteiger charge is -2.03. The zero-order chi connectivity index (χ0) is 10.9. The Hall–Kier alpha value is -1.08. The molecule has 0 bridgehead atoms. The maximum Gasteiger partial charge on any atom is 0.213 e. The summed E-state index contributed by atoms with van der Waals surface area (Å²) in [5.41, 5.74) is -0.882. The molecule has 0 saturated heterocycles. The van der Waals surface area contributed by atoms with Gasteiger partial charge in [-0.15, -0.1) is 0 Å². The van der Waals surface area contributed by atoms with E-state index in [2.05, 4.69) is 5.14 Å². The standard InChI is InChI=1S/C7H6F3NO2S/c8-5-1-2-6(9)7(10)4(5)3-14(11,12)13/h1-2H,3H2,(H2,11,12,13). The lowest BCUT2D eigenvalue weighted by molar-refractivity contribution is 0.483. The predicted octanol–water partition coefficient (Wildman–Crippen LogP) is 0.892. The van der Waals surface area contributed by atoms with Gasteiger partial charge in [0.15, 0.2) is 11.6 Å². The van der Waals surface area contributed by atoms with Gasteiger partial charge in [-0.3, -0.25) is 0 Å². The fourth-order valence-corrected chi connectivity index (χ4v) is 1.57. The molecule has 0 spiro atoms. The number of hydrogen-bond donors (Lipinski definition) is 1. The molecule has 0 aromatic heterocycles. The highest BCUT2D eigenvalue weighted by Gasteiger charge is 2.17. The second kappa shape index (κ2) is 3.58. The molecule has 0 aliphatic rings. The van der Waals surface area contributed by atoms with Crippen LogP contribution in [0.1, 0.15) is 5.56 Å². The molecule has 0 heterocycles. The molecule has 0 aliphatic carbocycles. The van der Waals surface area contributed by atoms with Crippen LogP contribution in [0.3, 0.4) is 0 Å². The van der Waals surface area contributed by atoms with Gasteiger partial charge >= 0.3 is 0 Å². The average molecular weight is 225 g/mol. The molecule has 0 atom stereocenters. The summed E-state index contributed by atoms with van der Waals surface area (Å²) in [5, 5.41) is 4.57. The van der Waals surface area contributed by atoms with Crippen molar-refractivity contribution in [1.29, 1.82) is 0 Å². The molecule has 3 nitrogen and oxygen atoms in total.